The molecular formula is C21H26N10O17P3S-3. The zero-order valence-electron chi connectivity index (χ0n) is 25.8. The number of nitrogen functional groups attached to an aromatic ring is 2. The van der Waals surface area contributed by atoms with Crippen molar-refractivity contribution >= 4 is 68.0 Å². The molecule has 9 N–H and O–H groups in total. The van der Waals surface area contributed by atoms with Crippen LogP contribution in [0.5, 0.6) is 5.88 Å². The summed E-state index contributed by atoms with van der Waals surface area (Å²) < 4.78 is 63.8. The van der Waals surface area contributed by atoms with Gasteiger partial charge in [-0.05, 0) is 0 Å². The van der Waals surface area contributed by atoms with E-state index in [0.29, 0.717) is 0 Å². The minimum absolute atomic E-state index is 0.0417. The lowest BCUT2D eigenvalue weighted by Crippen LogP contribution is -2.46. The van der Waals surface area contributed by atoms with Crippen LogP contribution in [-0.4, -0.2) is 103 Å². The predicted octanol–water partition coefficient (Wildman–Crippen LogP) is -5.95. The third-order valence-corrected chi connectivity index (χ3v) is 14.1. The molecule has 0 bridgehead atoms. The maximum absolute atomic E-state index is 12.5. The molecule has 2 aliphatic heterocycles. The molecule has 0 saturated carbocycles. The van der Waals surface area contributed by atoms with Gasteiger partial charge in [-0.2, -0.15) is 4.98 Å². The number of anilines is 2. The van der Waals surface area contributed by atoms with E-state index in [1.165, 1.54) is 17.9 Å². The highest BCUT2D eigenvalue weighted by atomic mass is 32.7. The Balaban J connectivity index is 1.04. The van der Waals surface area contributed by atoms with Crippen LogP contribution >= 0.6 is 33.8 Å². The first-order valence-corrected chi connectivity index (χ1v) is 20.3. The number of nitrogens with two attached hydrogens (primary N) is 2. The Kier molecular flexibility index (Phi) is 10.3. The maximum atomic E-state index is 12.5. The Labute approximate surface area is 291 Å². The molecule has 2 fully saturated rings. The molecule has 5 unspecified atom stereocenters. The van der Waals surface area contributed by atoms with Crippen LogP contribution in [0.4, 0.5) is 11.9 Å². The number of phosphoric acid groups is 2. The monoisotopic (exact) mass is 815 g/mol. The molecule has 4 aromatic rings. The van der Waals surface area contributed by atoms with Gasteiger partial charge in [0, 0.05) is 11.6 Å². The molecule has 0 aliphatic carbocycles. The van der Waals surface area contributed by atoms with Crippen LogP contribution in [0, 0.1) is 0 Å². The van der Waals surface area contributed by atoms with Crippen molar-refractivity contribution < 1.29 is 81.1 Å². The number of nitrogens with zero attached hydrogens (tertiary/aromatic N) is 7. The van der Waals surface area contributed by atoms with Crippen molar-refractivity contribution in [1.82, 2.24) is 34.1 Å². The largest absolute Gasteiger partial charge is 0.856 e. The SMILES string of the molecule is Cn1c[n+]([C@@H]2O[C@H](CSP(=O)([O-])OP(=O)([O-])OP(=O)([O-])OC[C@H]3O[C@@H](n4cnc5c(=O)[nH]c(N)nc54)C(O)[C@H]3O)C(O)[C@@H]2O)c2nc(N)nc([O-])c21. The van der Waals surface area contributed by atoms with Gasteiger partial charge in [-0.3, -0.25) is 36.9 Å². The van der Waals surface area contributed by atoms with Crippen LogP contribution in [0.1, 0.15) is 12.5 Å². The number of nitrogens with one attached hydrogen (secondary N) is 1. The van der Waals surface area contributed by atoms with Crippen molar-refractivity contribution in [2.45, 2.75) is 49.1 Å². The summed E-state index contributed by atoms with van der Waals surface area (Å²) in [4.78, 5) is 66.5. The molecule has 0 aromatic carbocycles. The molecule has 0 radical (unpaired) electrons. The van der Waals surface area contributed by atoms with E-state index in [-0.39, 0.29) is 39.7 Å². The number of aryl methyl sites for hydroxylation is 1. The molecule has 31 heteroatoms. The number of hydrogen-bond donors (Lipinski definition) is 7. The number of rotatable bonds is 12. The van der Waals surface area contributed by atoms with Crippen LogP contribution < -0.4 is 41.4 Å². The third-order valence-electron chi connectivity index (χ3n) is 7.61. The molecule has 6 rings (SSSR count). The zero-order valence-corrected chi connectivity index (χ0v) is 29.3. The van der Waals surface area contributed by atoms with Crippen LogP contribution in [-0.2, 0) is 43.4 Å². The van der Waals surface area contributed by atoms with Crippen molar-refractivity contribution in [1.29, 1.82) is 0 Å². The van der Waals surface area contributed by atoms with E-state index < -0.39 is 101 Å². The van der Waals surface area contributed by atoms with Crippen molar-refractivity contribution in [3.05, 3.63) is 23.0 Å². The van der Waals surface area contributed by atoms with Crippen molar-refractivity contribution in [2.24, 2.45) is 7.05 Å². The second-order valence-electron chi connectivity index (χ2n) is 11.2. The van der Waals surface area contributed by atoms with Crippen molar-refractivity contribution in [2.75, 3.05) is 23.8 Å². The molecule has 52 heavy (non-hydrogen) atoms. The number of imidazole rings is 2. The number of aromatic nitrogens is 8. The lowest BCUT2D eigenvalue weighted by atomic mass is 10.1. The van der Waals surface area contributed by atoms with E-state index in [1.807, 2.05) is 0 Å². The Hall–Kier alpha value is -3.14. The van der Waals surface area contributed by atoms with Gasteiger partial charge in [-0.25, -0.2) is 18.8 Å². The van der Waals surface area contributed by atoms with Gasteiger partial charge in [0.1, 0.15) is 30.5 Å². The number of phosphoric ester groups is 1. The van der Waals surface area contributed by atoms with E-state index in [2.05, 4.69) is 38.1 Å². The summed E-state index contributed by atoms with van der Waals surface area (Å²) in [5.74, 6) is -2.26. The van der Waals surface area contributed by atoms with Crippen LogP contribution in [0.3, 0.4) is 0 Å². The highest BCUT2D eigenvalue weighted by Gasteiger charge is 2.48. The molecular weight excluding hydrogens is 789 g/mol. The number of H-pyrrole nitrogens is 1. The first kappa shape index (κ1) is 38.6. The Bertz CT molecular complexity index is 2220. The fourth-order valence-corrected chi connectivity index (χ4v) is 11.2. The van der Waals surface area contributed by atoms with E-state index in [9.17, 15) is 58.7 Å². The van der Waals surface area contributed by atoms with Gasteiger partial charge in [0.05, 0.1) is 26.1 Å². The maximum Gasteiger partial charge on any atom is 0.309 e. The summed E-state index contributed by atoms with van der Waals surface area (Å²) in [5.41, 5.74) is 9.83. The smallest absolute Gasteiger partial charge is 0.309 e. The average molecular weight is 815 g/mol. The highest BCUT2D eigenvalue weighted by molar-refractivity contribution is 8.54. The van der Waals surface area contributed by atoms with Gasteiger partial charge in [-0.15, -0.1) is 0 Å². The Morgan fingerprint density at radius 1 is 1.00 bits per heavy atom. The summed E-state index contributed by atoms with van der Waals surface area (Å²) in [6, 6.07) is 0. The van der Waals surface area contributed by atoms with E-state index in [4.69, 9.17) is 20.9 Å². The summed E-state index contributed by atoms with van der Waals surface area (Å²) in [5, 5.41) is 54.3. The van der Waals surface area contributed by atoms with Gasteiger partial charge in [0.25, 0.3) is 27.2 Å². The molecule has 27 nitrogen and oxygen atoms in total. The predicted molar refractivity (Wildman–Crippen MR) is 160 cm³/mol. The van der Waals surface area contributed by atoms with Gasteiger partial charge >= 0.3 is 5.65 Å². The van der Waals surface area contributed by atoms with Crippen molar-refractivity contribution in [3.63, 3.8) is 0 Å². The Morgan fingerprint density at radius 2 is 1.69 bits per heavy atom. The number of aliphatic hydroxyl groups excluding tert-OH is 4. The van der Waals surface area contributed by atoms with Crippen LogP contribution in [0.2, 0.25) is 0 Å². The molecule has 4 aromatic heterocycles. The highest BCUT2D eigenvalue weighted by Crippen LogP contribution is 2.67. The summed E-state index contributed by atoms with van der Waals surface area (Å²) in [6.45, 7) is -6.79. The molecule has 11 atom stereocenters. The Morgan fingerprint density at radius 3 is 2.40 bits per heavy atom. The first-order valence-electron chi connectivity index (χ1n) is 14.3. The molecule has 2 aliphatic rings. The summed E-state index contributed by atoms with van der Waals surface area (Å²) in [7, 11) is -10.8. The van der Waals surface area contributed by atoms with E-state index >= 15 is 0 Å². The van der Waals surface area contributed by atoms with Crippen LogP contribution in [0.25, 0.3) is 22.3 Å². The van der Waals surface area contributed by atoms with Crippen molar-refractivity contribution in [3.8, 4) is 5.88 Å². The second kappa shape index (κ2) is 13.9. The quantitative estimate of drug-likeness (QED) is 0.0517. The van der Waals surface area contributed by atoms with E-state index in [0.717, 1.165) is 15.5 Å². The number of hydrogen-bond acceptors (Lipinski definition) is 24. The molecule has 286 valence electrons. The standard InChI is InChI=1S/C21H29N10O17P3S/c1-29-5-31(15-9(29)17(37)28-21(23)26-15)19-13(35)11(33)7(46-19)3-52-51(42,43)48-50(40,41)47-49(38,39)44-2-6-10(32)12(34)18(45-6)30-4-24-8-14(30)25-20(22)27-16(8)36/h4-7,10-13,18-19,32-35H,2-3H2,1H3,(H8-,22,23,25,26,27,28,36,37,38,39,40,41,42,43)/p-3/t6-,7-,10+,11?,12?,13+,18-,19-/m1/s1. The molecule has 0 amide bonds. The minimum atomic E-state index is -6.28. The topological polar surface area (TPSA) is 421 Å². The number of aliphatic hydroxyl groups is 4. The lowest BCUT2D eigenvalue weighted by molar-refractivity contribution is -0.745. The van der Waals surface area contributed by atoms with Gasteiger partial charge in [0.15, 0.2) is 36.0 Å². The number of ether oxygens (including phenoxy) is 2. The molecule has 0 spiro atoms. The van der Waals surface area contributed by atoms with Gasteiger partial charge in [-0.1, -0.05) is 16.4 Å². The lowest BCUT2D eigenvalue weighted by Gasteiger charge is -2.35. The fraction of sp³-hybridized carbons (Fsp3) is 0.524. The molecule has 2 saturated heterocycles. The number of aromatic amines is 1. The first-order chi connectivity index (χ1) is 24.2. The van der Waals surface area contributed by atoms with Crippen LogP contribution in [0.15, 0.2) is 17.4 Å². The average Bonchev–Trinajstić information content (AvgIpc) is 3.74. The molecule has 6 heterocycles. The zero-order chi connectivity index (χ0) is 38.1. The second-order valence-corrected chi connectivity index (χ2v) is 18.1. The fourth-order valence-electron chi connectivity index (χ4n) is 5.37. The summed E-state index contributed by atoms with van der Waals surface area (Å²) >= 11 is -0.255. The summed E-state index contributed by atoms with van der Waals surface area (Å²) in [6.07, 6.45) is -11.0. The normalized spacial score (nSPS) is 30.1. The third kappa shape index (κ3) is 7.60. The number of fused-ring (bicyclic) bond motifs is 2. The minimum Gasteiger partial charge on any atom is -0.856 e. The van der Waals surface area contributed by atoms with Gasteiger partial charge < -0.3 is 65.7 Å². The van der Waals surface area contributed by atoms with Gasteiger partial charge in [0.2, 0.25) is 12.2 Å². The van der Waals surface area contributed by atoms with E-state index in [1.54, 1.807) is 0 Å².